The number of fused-ring (bicyclic) bond motifs is 1. The molecular formula is C25H17BrF2N4O4. The number of anilines is 2. The molecular weight excluding hydrogens is 538 g/mol. The second-order valence-electron chi connectivity index (χ2n) is 7.46. The fourth-order valence-corrected chi connectivity index (χ4v) is 3.86. The van der Waals surface area contributed by atoms with E-state index in [9.17, 15) is 23.2 Å². The zero-order chi connectivity index (χ0) is 25.8. The SMILES string of the molecule is COc1ccccc1NC(=O)c1nc2ccccc2nc1CC(=O)C(=O)Nc1c(F)cc(F)cc1Br. The number of hydrogen-bond donors (Lipinski definition) is 2. The number of rotatable bonds is 7. The molecule has 2 N–H and O–H groups in total. The molecule has 0 radical (unpaired) electrons. The van der Waals surface area contributed by atoms with E-state index in [4.69, 9.17) is 4.74 Å². The molecule has 0 aliphatic carbocycles. The normalized spacial score (nSPS) is 10.7. The Balaban J connectivity index is 1.64. The molecule has 2 amide bonds. The number of nitrogens with one attached hydrogen (secondary N) is 2. The van der Waals surface area contributed by atoms with Crippen LogP contribution in [-0.4, -0.2) is 34.7 Å². The predicted octanol–water partition coefficient (Wildman–Crippen LogP) is 4.68. The lowest BCUT2D eigenvalue weighted by Crippen LogP contribution is -2.27. The van der Waals surface area contributed by atoms with Gasteiger partial charge in [0.25, 0.3) is 11.8 Å². The number of hydrogen-bond acceptors (Lipinski definition) is 6. The van der Waals surface area contributed by atoms with Gasteiger partial charge in [-0.2, -0.15) is 0 Å². The summed E-state index contributed by atoms with van der Waals surface area (Å²) in [5, 5.41) is 4.80. The lowest BCUT2D eigenvalue weighted by molar-refractivity contribution is -0.134. The molecule has 3 aromatic carbocycles. The molecule has 0 atom stereocenters. The van der Waals surface area contributed by atoms with E-state index in [0.717, 1.165) is 6.07 Å². The predicted molar refractivity (Wildman–Crippen MR) is 132 cm³/mol. The number of aromatic nitrogens is 2. The van der Waals surface area contributed by atoms with Gasteiger partial charge in [0, 0.05) is 10.5 Å². The third-order valence-corrected chi connectivity index (χ3v) is 5.67. The smallest absolute Gasteiger partial charge is 0.292 e. The van der Waals surface area contributed by atoms with Gasteiger partial charge in [-0.3, -0.25) is 14.4 Å². The Bertz CT molecular complexity index is 1490. The third-order valence-electron chi connectivity index (χ3n) is 5.04. The number of ether oxygens (including phenoxy) is 1. The van der Waals surface area contributed by atoms with E-state index in [1.807, 2.05) is 0 Å². The molecule has 0 fully saturated rings. The van der Waals surface area contributed by atoms with Crippen LogP contribution in [0.1, 0.15) is 16.2 Å². The van der Waals surface area contributed by atoms with Crippen LogP contribution in [0.15, 0.2) is 65.1 Å². The summed E-state index contributed by atoms with van der Waals surface area (Å²) in [6.07, 6.45) is -0.598. The molecule has 36 heavy (non-hydrogen) atoms. The van der Waals surface area contributed by atoms with E-state index in [2.05, 4.69) is 36.5 Å². The highest BCUT2D eigenvalue weighted by molar-refractivity contribution is 9.10. The quantitative estimate of drug-likeness (QED) is 0.321. The van der Waals surface area contributed by atoms with Crippen molar-refractivity contribution >= 4 is 55.9 Å². The maximum atomic E-state index is 14.1. The molecule has 4 rings (SSSR count). The Labute approximate surface area is 211 Å². The Hall–Kier alpha value is -4.25. The summed E-state index contributed by atoms with van der Waals surface area (Å²) in [6.45, 7) is 0. The number of benzene rings is 3. The second kappa shape index (κ2) is 10.6. The van der Waals surface area contributed by atoms with Crippen LogP contribution in [0.4, 0.5) is 20.2 Å². The molecule has 1 aromatic heterocycles. The molecule has 0 saturated heterocycles. The number of para-hydroxylation sites is 4. The standard InChI is InChI=1S/C25H17BrF2N4O4/c1-36-21-9-5-4-8-18(21)31-25(35)23-19(29-16-6-2-3-7-17(16)30-23)12-20(33)24(34)32-22-14(26)10-13(27)11-15(22)28/h2-11H,12H2,1H3,(H,31,35)(H,32,34). The van der Waals surface area contributed by atoms with Crippen molar-refractivity contribution < 1.29 is 27.9 Å². The van der Waals surface area contributed by atoms with Crippen LogP contribution < -0.4 is 15.4 Å². The fraction of sp³-hybridized carbons (Fsp3) is 0.0800. The minimum atomic E-state index is -1.17. The lowest BCUT2D eigenvalue weighted by atomic mass is 10.1. The first-order valence-corrected chi connectivity index (χ1v) is 11.2. The van der Waals surface area contributed by atoms with Crippen molar-refractivity contribution in [2.45, 2.75) is 6.42 Å². The summed E-state index contributed by atoms with van der Waals surface area (Å²) in [4.78, 5) is 47.1. The summed E-state index contributed by atoms with van der Waals surface area (Å²) in [5.74, 6) is -4.38. The monoisotopic (exact) mass is 554 g/mol. The van der Waals surface area contributed by atoms with Crippen molar-refractivity contribution in [1.29, 1.82) is 0 Å². The minimum Gasteiger partial charge on any atom is -0.495 e. The average molecular weight is 555 g/mol. The highest BCUT2D eigenvalue weighted by Gasteiger charge is 2.24. The second-order valence-corrected chi connectivity index (χ2v) is 8.31. The zero-order valence-corrected chi connectivity index (χ0v) is 20.2. The molecule has 0 aliphatic rings. The number of ketones is 1. The van der Waals surface area contributed by atoms with Gasteiger partial charge in [0.05, 0.1) is 41.6 Å². The molecule has 0 spiro atoms. The van der Waals surface area contributed by atoms with Crippen LogP contribution >= 0.6 is 15.9 Å². The van der Waals surface area contributed by atoms with E-state index in [1.54, 1.807) is 48.5 Å². The van der Waals surface area contributed by atoms with E-state index >= 15 is 0 Å². The van der Waals surface area contributed by atoms with Crippen molar-refractivity contribution in [2.24, 2.45) is 0 Å². The number of nitrogens with zero attached hydrogens (tertiary/aromatic N) is 2. The molecule has 1 heterocycles. The fourth-order valence-electron chi connectivity index (χ4n) is 3.35. The van der Waals surface area contributed by atoms with Crippen molar-refractivity contribution in [3.8, 4) is 5.75 Å². The van der Waals surface area contributed by atoms with Crippen LogP contribution in [0, 0.1) is 11.6 Å². The minimum absolute atomic E-state index is 0.0557. The number of Topliss-reactive ketones (excluding diaryl/α,β-unsaturated/α-hetero) is 1. The molecule has 0 aliphatic heterocycles. The van der Waals surface area contributed by atoms with E-state index in [-0.39, 0.29) is 15.9 Å². The van der Waals surface area contributed by atoms with Gasteiger partial charge in [0.15, 0.2) is 11.5 Å². The van der Waals surface area contributed by atoms with Gasteiger partial charge in [0.2, 0.25) is 5.78 Å². The van der Waals surface area contributed by atoms with Gasteiger partial charge in [0.1, 0.15) is 11.6 Å². The van der Waals surface area contributed by atoms with E-state index < -0.39 is 41.3 Å². The maximum absolute atomic E-state index is 14.1. The van der Waals surface area contributed by atoms with Gasteiger partial charge >= 0.3 is 0 Å². The Morgan fingerprint density at radius 2 is 1.61 bits per heavy atom. The van der Waals surface area contributed by atoms with E-state index in [1.165, 1.54) is 7.11 Å². The highest BCUT2D eigenvalue weighted by Crippen LogP contribution is 2.27. The van der Waals surface area contributed by atoms with Crippen LogP contribution in [-0.2, 0) is 16.0 Å². The summed E-state index contributed by atoms with van der Waals surface area (Å²) in [7, 11) is 1.45. The molecule has 182 valence electrons. The number of amides is 2. The Kier molecular flexibility index (Phi) is 7.30. The molecule has 11 heteroatoms. The lowest BCUT2D eigenvalue weighted by Gasteiger charge is -2.12. The highest BCUT2D eigenvalue weighted by atomic mass is 79.9. The number of carbonyl (C=O) groups is 3. The van der Waals surface area contributed by atoms with Crippen molar-refractivity contribution in [1.82, 2.24) is 9.97 Å². The van der Waals surface area contributed by atoms with Crippen LogP contribution in [0.2, 0.25) is 0 Å². The molecule has 0 saturated carbocycles. The van der Waals surface area contributed by atoms with Crippen molar-refractivity contribution in [3.05, 3.63) is 88.2 Å². The molecule has 8 nitrogen and oxygen atoms in total. The largest absolute Gasteiger partial charge is 0.495 e. The van der Waals surface area contributed by atoms with Gasteiger partial charge < -0.3 is 15.4 Å². The zero-order valence-electron chi connectivity index (χ0n) is 18.6. The topological polar surface area (TPSA) is 110 Å². The molecule has 0 bridgehead atoms. The first-order chi connectivity index (χ1) is 17.3. The number of halogens is 3. The van der Waals surface area contributed by atoms with Crippen molar-refractivity contribution in [2.75, 3.05) is 17.7 Å². The Morgan fingerprint density at radius 1 is 0.944 bits per heavy atom. The average Bonchev–Trinajstić information content (AvgIpc) is 2.85. The third kappa shape index (κ3) is 5.36. The number of carbonyl (C=O) groups excluding carboxylic acids is 3. The molecule has 4 aromatic rings. The van der Waals surface area contributed by atoms with Crippen LogP contribution in [0.5, 0.6) is 5.75 Å². The van der Waals surface area contributed by atoms with Gasteiger partial charge in [-0.25, -0.2) is 18.7 Å². The van der Waals surface area contributed by atoms with Gasteiger partial charge in [-0.15, -0.1) is 0 Å². The van der Waals surface area contributed by atoms with Crippen molar-refractivity contribution in [3.63, 3.8) is 0 Å². The summed E-state index contributed by atoms with van der Waals surface area (Å²) in [6, 6.07) is 14.9. The van der Waals surface area contributed by atoms with E-state index in [0.29, 0.717) is 28.5 Å². The van der Waals surface area contributed by atoms with Gasteiger partial charge in [-0.1, -0.05) is 24.3 Å². The maximum Gasteiger partial charge on any atom is 0.292 e. The van der Waals surface area contributed by atoms with Crippen LogP contribution in [0.3, 0.4) is 0 Å². The summed E-state index contributed by atoms with van der Waals surface area (Å²) >= 11 is 2.95. The Morgan fingerprint density at radius 3 is 2.31 bits per heavy atom. The summed E-state index contributed by atoms with van der Waals surface area (Å²) in [5.41, 5.74) is 0.553. The van der Waals surface area contributed by atoms with Crippen LogP contribution in [0.25, 0.3) is 11.0 Å². The molecule has 0 unspecified atom stereocenters. The first-order valence-electron chi connectivity index (χ1n) is 10.5. The first kappa shape index (κ1) is 24.9. The summed E-state index contributed by atoms with van der Waals surface area (Å²) < 4.78 is 32.6. The number of methoxy groups -OCH3 is 1. The van der Waals surface area contributed by atoms with Gasteiger partial charge in [-0.05, 0) is 46.3 Å².